The van der Waals surface area contributed by atoms with Gasteiger partial charge in [0.2, 0.25) is 0 Å². The van der Waals surface area contributed by atoms with Crippen molar-refractivity contribution in [2.45, 2.75) is 6.55 Å². The van der Waals surface area contributed by atoms with Gasteiger partial charge in [0, 0.05) is 19.4 Å². The highest BCUT2D eigenvalue weighted by Crippen LogP contribution is 2.26. The van der Waals surface area contributed by atoms with Gasteiger partial charge in [-0.15, -0.1) is 0 Å². The molecule has 0 saturated carbocycles. The summed E-state index contributed by atoms with van der Waals surface area (Å²) in [6.45, 7) is 2.09. The Bertz CT molecular complexity index is 763. The lowest BCUT2D eigenvalue weighted by Gasteiger charge is -2.25. The van der Waals surface area contributed by atoms with E-state index in [1.807, 2.05) is 0 Å². The molecule has 0 aliphatic carbocycles. The van der Waals surface area contributed by atoms with Crippen LogP contribution in [0.2, 0.25) is 6.55 Å². The van der Waals surface area contributed by atoms with Crippen LogP contribution in [0.5, 0.6) is 0 Å². The molecule has 0 heterocycles. The molecule has 0 saturated heterocycles. The molecule has 0 amide bonds. The zero-order chi connectivity index (χ0) is 14.2. The number of hydrogen-bond acceptors (Lipinski definition) is 2. The Hall–Kier alpha value is -1.68. The minimum Gasteiger partial charge on any atom is -0.394 e. The van der Waals surface area contributed by atoms with Crippen molar-refractivity contribution in [2.75, 3.05) is 14.2 Å². The highest BCUT2D eigenvalue weighted by molar-refractivity contribution is 6.82. The van der Waals surface area contributed by atoms with Crippen molar-refractivity contribution in [2.24, 2.45) is 0 Å². The summed E-state index contributed by atoms with van der Waals surface area (Å²) in [6, 6.07) is 19.2. The summed E-state index contributed by atoms with van der Waals surface area (Å²) in [6.07, 6.45) is 0. The molecule has 0 unspecified atom stereocenters. The van der Waals surface area contributed by atoms with E-state index >= 15 is 0 Å². The highest BCUT2D eigenvalue weighted by Gasteiger charge is 2.33. The lowest BCUT2D eigenvalue weighted by atomic mass is 10.0. The molecular weight excluding hydrogens is 264 g/mol. The van der Waals surface area contributed by atoms with Crippen molar-refractivity contribution < 1.29 is 8.85 Å². The summed E-state index contributed by atoms with van der Waals surface area (Å²) in [5.74, 6) is 0. The number of fused-ring (bicyclic) bond motifs is 3. The molecule has 0 radical (unpaired) electrons. The normalized spacial score (nSPS) is 12.2. The van der Waals surface area contributed by atoms with Crippen molar-refractivity contribution in [3.8, 4) is 0 Å². The van der Waals surface area contributed by atoms with E-state index in [-0.39, 0.29) is 0 Å². The SMILES string of the molecule is CO[Si](C)(OC)c1cc2ccccc2c2ccccc12. The van der Waals surface area contributed by atoms with Crippen molar-refractivity contribution in [1.82, 2.24) is 0 Å². The second-order valence-electron chi connectivity index (χ2n) is 5.04. The van der Waals surface area contributed by atoms with Crippen LogP contribution in [0.25, 0.3) is 21.5 Å². The maximum atomic E-state index is 5.75. The molecule has 102 valence electrons. The van der Waals surface area contributed by atoms with E-state index in [0.717, 1.165) is 0 Å². The van der Waals surface area contributed by atoms with Crippen LogP contribution in [0.3, 0.4) is 0 Å². The summed E-state index contributed by atoms with van der Waals surface area (Å²) in [5, 5.41) is 6.18. The predicted octanol–water partition coefficient (Wildman–Crippen LogP) is 3.56. The van der Waals surface area contributed by atoms with Gasteiger partial charge in [0.15, 0.2) is 0 Å². The second kappa shape index (κ2) is 5.02. The van der Waals surface area contributed by atoms with Crippen LogP contribution in [0.15, 0.2) is 54.6 Å². The Morgan fingerprint density at radius 3 is 1.95 bits per heavy atom. The lowest BCUT2D eigenvalue weighted by Crippen LogP contribution is -2.49. The van der Waals surface area contributed by atoms with Gasteiger partial charge in [-0.3, -0.25) is 0 Å². The minimum absolute atomic E-state index is 1.19. The number of benzene rings is 3. The van der Waals surface area contributed by atoms with Gasteiger partial charge in [0.25, 0.3) is 0 Å². The summed E-state index contributed by atoms with van der Waals surface area (Å²) >= 11 is 0. The molecule has 0 atom stereocenters. The molecule has 3 aromatic rings. The largest absolute Gasteiger partial charge is 0.394 e. The molecule has 0 aliphatic rings. The van der Waals surface area contributed by atoms with Gasteiger partial charge in [-0.25, -0.2) is 0 Å². The van der Waals surface area contributed by atoms with E-state index in [2.05, 4.69) is 61.1 Å². The van der Waals surface area contributed by atoms with Crippen molar-refractivity contribution in [3.05, 3.63) is 54.6 Å². The van der Waals surface area contributed by atoms with E-state index in [1.54, 1.807) is 14.2 Å². The lowest BCUT2D eigenvalue weighted by molar-refractivity contribution is 0.266. The third-order valence-corrected chi connectivity index (χ3v) is 6.99. The maximum absolute atomic E-state index is 5.75. The molecule has 3 rings (SSSR count). The highest BCUT2D eigenvalue weighted by atomic mass is 28.4. The topological polar surface area (TPSA) is 18.5 Å². The van der Waals surface area contributed by atoms with Crippen molar-refractivity contribution in [1.29, 1.82) is 0 Å². The monoisotopic (exact) mass is 282 g/mol. The fourth-order valence-electron chi connectivity index (χ4n) is 2.73. The zero-order valence-corrected chi connectivity index (χ0v) is 13.0. The average Bonchev–Trinajstić information content (AvgIpc) is 2.53. The predicted molar refractivity (Wildman–Crippen MR) is 86.7 cm³/mol. The third-order valence-electron chi connectivity index (χ3n) is 4.04. The molecule has 20 heavy (non-hydrogen) atoms. The fraction of sp³-hybridized carbons (Fsp3) is 0.176. The second-order valence-corrected chi connectivity index (χ2v) is 8.29. The number of hydrogen-bond donors (Lipinski definition) is 0. The Morgan fingerprint density at radius 1 is 0.750 bits per heavy atom. The van der Waals surface area contributed by atoms with Gasteiger partial charge in [0.1, 0.15) is 0 Å². The Kier molecular flexibility index (Phi) is 3.34. The smallest absolute Gasteiger partial charge is 0.369 e. The molecule has 0 spiro atoms. The first-order valence-electron chi connectivity index (χ1n) is 6.71. The Labute approximate surface area is 120 Å². The molecule has 3 aromatic carbocycles. The first-order chi connectivity index (χ1) is 9.69. The maximum Gasteiger partial charge on any atom is 0.369 e. The molecular formula is C17H18O2Si. The quantitative estimate of drug-likeness (QED) is 0.540. The number of rotatable bonds is 3. The average molecular weight is 282 g/mol. The summed E-state index contributed by atoms with van der Waals surface area (Å²) < 4.78 is 11.5. The van der Waals surface area contributed by atoms with Crippen LogP contribution in [0, 0.1) is 0 Å². The Balaban J connectivity index is 2.46. The molecule has 0 aromatic heterocycles. The van der Waals surface area contributed by atoms with E-state index in [4.69, 9.17) is 8.85 Å². The van der Waals surface area contributed by atoms with Crippen LogP contribution in [0.4, 0.5) is 0 Å². The zero-order valence-electron chi connectivity index (χ0n) is 12.0. The standard InChI is InChI=1S/C17H18O2Si/c1-18-20(3,19-2)17-12-13-8-4-5-9-14(13)15-10-6-7-11-16(15)17/h4-12H,1-3H3. The van der Waals surface area contributed by atoms with Crippen LogP contribution in [0.1, 0.15) is 0 Å². The molecule has 0 fully saturated rings. The van der Waals surface area contributed by atoms with Gasteiger partial charge in [-0.2, -0.15) is 0 Å². The van der Waals surface area contributed by atoms with E-state index in [0.29, 0.717) is 0 Å². The summed E-state index contributed by atoms with van der Waals surface area (Å²) in [4.78, 5) is 0. The van der Waals surface area contributed by atoms with Crippen LogP contribution < -0.4 is 5.19 Å². The molecule has 0 bridgehead atoms. The van der Waals surface area contributed by atoms with Gasteiger partial charge < -0.3 is 8.85 Å². The van der Waals surface area contributed by atoms with Gasteiger partial charge in [-0.1, -0.05) is 48.5 Å². The molecule has 3 heteroatoms. The molecule has 0 aliphatic heterocycles. The van der Waals surface area contributed by atoms with Crippen molar-refractivity contribution in [3.63, 3.8) is 0 Å². The van der Waals surface area contributed by atoms with Gasteiger partial charge in [-0.05, 0) is 34.2 Å². The van der Waals surface area contributed by atoms with Crippen LogP contribution in [-0.2, 0) is 8.85 Å². The minimum atomic E-state index is -2.36. The first kappa shape index (κ1) is 13.3. The molecule has 0 N–H and O–H groups in total. The van der Waals surface area contributed by atoms with Gasteiger partial charge >= 0.3 is 8.56 Å². The van der Waals surface area contributed by atoms with Crippen molar-refractivity contribution >= 4 is 35.3 Å². The van der Waals surface area contributed by atoms with Crippen LogP contribution >= 0.6 is 0 Å². The first-order valence-corrected chi connectivity index (χ1v) is 9.02. The summed E-state index contributed by atoms with van der Waals surface area (Å²) in [7, 11) is 1.12. The third kappa shape index (κ3) is 1.95. The molecule has 2 nitrogen and oxygen atoms in total. The summed E-state index contributed by atoms with van der Waals surface area (Å²) in [5.41, 5.74) is 0. The Morgan fingerprint density at radius 2 is 1.30 bits per heavy atom. The van der Waals surface area contributed by atoms with E-state index < -0.39 is 8.56 Å². The van der Waals surface area contributed by atoms with E-state index in [9.17, 15) is 0 Å². The van der Waals surface area contributed by atoms with Crippen LogP contribution in [-0.4, -0.2) is 22.8 Å². The van der Waals surface area contributed by atoms with Gasteiger partial charge in [0.05, 0.1) is 0 Å². The fourth-order valence-corrected chi connectivity index (χ4v) is 4.46. The van der Waals surface area contributed by atoms with E-state index in [1.165, 1.54) is 26.7 Å².